The number of esters is 1. The number of rotatable bonds is 8. The molecule has 0 saturated heterocycles. The van der Waals surface area contributed by atoms with Crippen LogP contribution in [0.5, 0.6) is 0 Å². The topological polar surface area (TPSA) is 92.8 Å². The van der Waals surface area contributed by atoms with Crippen LogP contribution in [0.3, 0.4) is 0 Å². The fourth-order valence-corrected chi connectivity index (χ4v) is 3.40. The number of para-hydroxylation sites is 1. The Morgan fingerprint density at radius 1 is 1.11 bits per heavy atom. The van der Waals surface area contributed by atoms with E-state index in [2.05, 4.69) is 4.72 Å². The van der Waals surface area contributed by atoms with Crippen molar-refractivity contribution in [3.8, 4) is 0 Å². The molecule has 1 atom stereocenters. The van der Waals surface area contributed by atoms with Crippen LogP contribution >= 0.6 is 0 Å². The van der Waals surface area contributed by atoms with E-state index in [-0.39, 0.29) is 4.90 Å². The fourth-order valence-electron chi connectivity index (χ4n) is 2.43. The van der Waals surface area contributed by atoms with Crippen LogP contribution in [0.1, 0.15) is 13.8 Å². The van der Waals surface area contributed by atoms with Crippen molar-refractivity contribution in [1.82, 2.24) is 4.72 Å². The van der Waals surface area contributed by atoms with Crippen molar-refractivity contribution in [1.29, 1.82) is 0 Å². The van der Waals surface area contributed by atoms with Gasteiger partial charge in [0.2, 0.25) is 10.0 Å². The molecule has 0 spiro atoms. The van der Waals surface area contributed by atoms with Gasteiger partial charge in [0.15, 0.2) is 6.10 Å². The maximum Gasteiger partial charge on any atom is 0.321 e. The lowest BCUT2D eigenvalue weighted by Gasteiger charge is -2.24. The van der Waals surface area contributed by atoms with E-state index in [0.29, 0.717) is 12.2 Å². The first kappa shape index (κ1) is 21.5. The summed E-state index contributed by atoms with van der Waals surface area (Å²) in [4.78, 5) is 25.8. The largest absolute Gasteiger partial charge is 0.452 e. The van der Waals surface area contributed by atoms with E-state index in [9.17, 15) is 22.4 Å². The average molecular weight is 408 g/mol. The van der Waals surface area contributed by atoms with Crippen molar-refractivity contribution >= 4 is 27.6 Å². The van der Waals surface area contributed by atoms with Crippen LogP contribution in [-0.4, -0.2) is 39.5 Å². The highest BCUT2D eigenvalue weighted by molar-refractivity contribution is 7.89. The van der Waals surface area contributed by atoms with Gasteiger partial charge in [-0.2, -0.15) is 4.72 Å². The molecule has 9 heteroatoms. The van der Waals surface area contributed by atoms with Crippen molar-refractivity contribution in [2.75, 3.05) is 18.0 Å². The summed E-state index contributed by atoms with van der Waals surface area (Å²) in [5, 5.41) is 0. The summed E-state index contributed by atoms with van der Waals surface area (Å²) in [7, 11) is -4.00. The van der Waals surface area contributed by atoms with E-state index >= 15 is 0 Å². The van der Waals surface area contributed by atoms with Gasteiger partial charge in [0.05, 0.1) is 4.90 Å². The molecule has 0 aliphatic rings. The minimum Gasteiger partial charge on any atom is -0.452 e. The first-order valence-corrected chi connectivity index (χ1v) is 10.0. The van der Waals surface area contributed by atoms with Crippen molar-refractivity contribution in [2.45, 2.75) is 24.8 Å². The molecule has 0 aromatic heterocycles. The van der Waals surface area contributed by atoms with Gasteiger partial charge in [0, 0.05) is 12.2 Å². The Kier molecular flexibility index (Phi) is 7.24. The van der Waals surface area contributed by atoms with E-state index in [1.807, 2.05) is 6.07 Å². The molecule has 0 unspecified atom stereocenters. The summed E-state index contributed by atoms with van der Waals surface area (Å²) in [5.41, 5.74) is 0.662. The van der Waals surface area contributed by atoms with Crippen LogP contribution in [0.15, 0.2) is 59.5 Å². The molecule has 0 heterocycles. The standard InChI is InChI=1S/C19H21FN2O5S/c1-3-22(16-7-5-4-6-8-16)19(24)14(2)27-18(23)13-21-28(25,26)17-11-9-15(20)10-12-17/h4-12,14,21H,3,13H2,1-2H3/t14-/m0/s1. The Morgan fingerprint density at radius 2 is 1.71 bits per heavy atom. The molecule has 1 N–H and O–H groups in total. The summed E-state index contributed by atoms with van der Waals surface area (Å²) in [6.45, 7) is 2.92. The highest BCUT2D eigenvalue weighted by Gasteiger charge is 2.25. The van der Waals surface area contributed by atoms with Crippen LogP contribution in [0.2, 0.25) is 0 Å². The number of nitrogens with zero attached hydrogens (tertiary/aromatic N) is 1. The number of hydrogen-bond donors (Lipinski definition) is 1. The molecule has 7 nitrogen and oxygen atoms in total. The average Bonchev–Trinajstić information content (AvgIpc) is 2.68. The van der Waals surface area contributed by atoms with Crippen molar-refractivity contribution in [2.24, 2.45) is 0 Å². The Bertz CT molecular complexity index is 917. The number of benzene rings is 2. The van der Waals surface area contributed by atoms with Crippen LogP contribution < -0.4 is 9.62 Å². The van der Waals surface area contributed by atoms with Gasteiger partial charge in [-0.1, -0.05) is 18.2 Å². The summed E-state index contributed by atoms with van der Waals surface area (Å²) in [6.07, 6.45) is -1.09. The third kappa shape index (κ3) is 5.61. The third-order valence-corrected chi connectivity index (χ3v) is 5.25. The van der Waals surface area contributed by atoms with Gasteiger partial charge >= 0.3 is 5.97 Å². The molecule has 0 aliphatic carbocycles. The monoisotopic (exact) mass is 408 g/mol. The quantitative estimate of drug-likeness (QED) is 0.675. The molecule has 0 saturated carbocycles. The summed E-state index contributed by atoms with van der Waals surface area (Å²) in [5.74, 6) is -1.91. The maximum absolute atomic E-state index is 12.9. The zero-order valence-electron chi connectivity index (χ0n) is 15.5. The number of carbonyl (C=O) groups is 2. The second kappa shape index (κ2) is 9.43. The van der Waals surface area contributed by atoms with Crippen molar-refractivity contribution < 1.29 is 27.1 Å². The molecule has 2 aromatic carbocycles. The Labute approximate surface area is 163 Å². The molecule has 0 fully saturated rings. The number of ether oxygens (including phenoxy) is 1. The molecule has 2 rings (SSSR count). The number of amides is 1. The number of halogens is 1. The van der Waals surface area contributed by atoms with Crippen molar-refractivity contribution in [3.63, 3.8) is 0 Å². The molecule has 0 bridgehead atoms. The van der Waals surface area contributed by atoms with Gasteiger partial charge in [0.1, 0.15) is 12.4 Å². The summed E-state index contributed by atoms with van der Waals surface area (Å²) < 4.78 is 44.2. The lowest BCUT2D eigenvalue weighted by atomic mass is 10.2. The Morgan fingerprint density at radius 3 is 2.29 bits per heavy atom. The first-order valence-electron chi connectivity index (χ1n) is 8.55. The van der Waals surface area contributed by atoms with E-state index in [1.165, 1.54) is 11.8 Å². The van der Waals surface area contributed by atoms with Crippen molar-refractivity contribution in [3.05, 3.63) is 60.4 Å². The van der Waals surface area contributed by atoms with Crippen LogP contribution in [0.25, 0.3) is 0 Å². The predicted octanol–water partition coefficient (Wildman–Crippen LogP) is 2.09. The number of nitrogens with one attached hydrogen (secondary N) is 1. The third-order valence-electron chi connectivity index (χ3n) is 3.84. The molecular formula is C19H21FN2O5S. The minimum absolute atomic E-state index is 0.188. The van der Waals surface area contributed by atoms with E-state index in [0.717, 1.165) is 24.3 Å². The molecule has 28 heavy (non-hydrogen) atoms. The SMILES string of the molecule is CCN(C(=O)[C@H](C)OC(=O)CNS(=O)(=O)c1ccc(F)cc1)c1ccccc1. The highest BCUT2D eigenvalue weighted by Crippen LogP contribution is 2.15. The molecule has 0 aliphatic heterocycles. The molecular weight excluding hydrogens is 387 g/mol. The summed E-state index contributed by atoms with van der Waals surface area (Å²) in [6, 6.07) is 13.0. The number of carbonyl (C=O) groups excluding carboxylic acids is 2. The molecule has 1 amide bonds. The second-order valence-corrected chi connectivity index (χ2v) is 7.60. The first-order chi connectivity index (χ1) is 13.2. The number of anilines is 1. The Hall–Kier alpha value is -2.78. The fraction of sp³-hybridized carbons (Fsp3) is 0.263. The zero-order chi connectivity index (χ0) is 20.7. The van der Waals surface area contributed by atoms with Gasteiger partial charge in [-0.25, -0.2) is 12.8 Å². The predicted molar refractivity (Wildman–Crippen MR) is 102 cm³/mol. The maximum atomic E-state index is 12.9. The lowest BCUT2D eigenvalue weighted by molar-refractivity contribution is -0.152. The van der Waals surface area contributed by atoms with Gasteiger partial charge in [-0.15, -0.1) is 0 Å². The normalized spacial score (nSPS) is 12.2. The number of hydrogen-bond acceptors (Lipinski definition) is 5. The van der Waals surface area contributed by atoms with Crippen LogP contribution in [-0.2, 0) is 24.3 Å². The summed E-state index contributed by atoms with van der Waals surface area (Å²) >= 11 is 0. The van der Waals surface area contributed by atoms with Gasteiger partial charge in [-0.05, 0) is 50.2 Å². The highest BCUT2D eigenvalue weighted by atomic mass is 32.2. The lowest BCUT2D eigenvalue weighted by Crippen LogP contribution is -2.41. The zero-order valence-corrected chi connectivity index (χ0v) is 16.3. The smallest absolute Gasteiger partial charge is 0.321 e. The second-order valence-electron chi connectivity index (χ2n) is 5.83. The minimum atomic E-state index is -4.00. The number of likely N-dealkylation sites (N-methyl/N-ethyl adjacent to an activating group) is 1. The van der Waals surface area contributed by atoms with Gasteiger partial charge in [0.25, 0.3) is 5.91 Å². The Balaban J connectivity index is 1.94. The van der Waals surface area contributed by atoms with Gasteiger partial charge in [-0.3, -0.25) is 9.59 Å². The van der Waals surface area contributed by atoms with Crippen LogP contribution in [0.4, 0.5) is 10.1 Å². The molecule has 150 valence electrons. The number of sulfonamides is 1. The van der Waals surface area contributed by atoms with E-state index in [1.54, 1.807) is 31.2 Å². The molecule has 0 radical (unpaired) electrons. The van der Waals surface area contributed by atoms with Crippen LogP contribution in [0, 0.1) is 5.82 Å². The van der Waals surface area contributed by atoms with Gasteiger partial charge < -0.3 is 9.64 Å². The molecule has 2 aromatic rings. The van der Waals surface area contributed by atoms with E-state index in [4.69, 9.17) is 4.74 Å². The van der Waals surface area contributed by atoms with E-state index < -0.39 is 40.4 Å².